The number of hydrogen-bond donors (Lipinski definition) is 1. The fourth-order valence-electron chi connectivity index (χ4n) is 2.56. The van der Waals surface area contributed by atoms with Crippen LogP contribution in [0.15, 0.2) is 18.3 Å². The predicted octanol–water partition coefficient (Wildman–Crippen LogP) is 2.01. The first-order valence-electron chi connectivity index (χ1n) is 7.13. The molecule has 0 aliphatic carbocycles. The van der Waals surface area contributed by atoms with Crippen molar-refractivity contribution in [2.45, 2.75) is 26.3 Å². The molecule has 1 atom stereocenters. The third kappa shape index (κ3) is 3.48. The molecule has 1 aromatic heterocycles. The van der Waals surface area contributed by atoms with Gasteiger partial charge in [0.15, 0.2) is 0 Å². The van der Waals surface area contributed by atoms with Crippen LogP contribution >= 0.6 is 0 Å². The van der Waals surface area contributed by atoms with Gasteiger partial charge in [-0.2, -0.15) is 0 Å². The number of carbonyl (C=O) groups excluding carboxylic acids is 1. The van der Waals surface area contributed by atoms with Crippen molar-refractivity contribution in [2.24, 2.45) is 5.92 Å². The summed E-state index contributed by atoms with van der Waals surface area (Å²) in [5.41, 5.74) is 0.494. The summed E-state index contributed by atoms with van der Waals surface area (Å²) in [5, 5.41) is 3.29. The summed E-state index contributed by atoms with van der Waals surface area (Å²) in [4.78, 5) is 18.4. The number of methoxy groups -OCH3 is 1. The van der Waals surface area contributed by atoms with Gasteiger partial charge in [0, 0.05) is 25.3 Å². The number of likely N-dealkylation sites (tertiary alicyclic amines) is 1. The highest BCUT2D eigenvalue weighted by Gasteiger charge is 2.24. The minimum atomic E-state index is -0.351. The van der Waals surface area contributed by atoms with E-state index in [0.29, 0.717) is 23.3 Å². The summed E-state index contributed by atoms with van der Waals surface area (Å²) in [6, 6.07) is 4.07. The lowest BCUT2D eigenvalue weighted by Crippen LogP contribution is -2.29. The summed E-state index contributed by atoms with van der Waals surface area (Å²) in [6.07, 6.45) is 2.87. The highest BCUT2D eigenvalue weighted by molar-refractivity contribution is 5.94. The van der Waals surface area contributed by atoms with Crippen LogP contribution < -0.4 is 5.32 Å². The number of aromatic nitrogens is 1. The Kier molecular flexibility index (Phi) is 4.95. The summed E-state index contributed by atoms with van der Waals surface area (Å²) >= 11 is 0. The van der Waals surface area contributed by atoms with Gasteiger partial charge in [-0.25, -0.2) is 9.78 Å². The van der Waals surface area contributed by atoms with E-state index in [4.69, 9.17) is 4.74 Å². The Balaban J connectivity index is 1.93. The molecular formula is C15H23N3O2. The van der Waals surface area contributed by atoms with Crippen molar-refractivity contribution in [1.29, 1.82) is 0 Å². The van der Waals surface area contributed by atoms with Gasteiger partial charge in [0.2, 0.25) is 0 Å². The van der Waals surface area contributed by atoms with E-state index in [9.17, 15) is 4.79 Å². The molecule has 1 aliphatic rings. The number of ether oxygens (including phenoxy) is 1. The second-order valence-electron chi connectivity index (χ2n) is 5.52. The van der Waals surface area contributed by atoms with Crippen LogP contribution in [0.4, 0.5) is 5.82 Å². The Morgan fingerprint density at radius 1 is 1.60 bits per heavy atom. The van der Waals surface area contributed by atoms with Gasteiger partial charge in [0.1, 0.15) is 11.4 Å². The number of hydrogen-bond acceptors (Lipinski definition) is 5. The first-order valence-corrected chi connectivity index (χ1v) is 7.13. The Hall–Kier alpha value is -1.62. The van der Waals surface area contributed by atoms with Crippen molar-refractivity contribution in [3.63, 3.8) is 0 Å². The topological polar surface area (TPSA) is 54.5 Å². The standard InChI is InChI=1S/C15H23N3O2/c1-11(2)18-8-6-12(10-18)9-17-14-13(15(19)20-3)5-4-7-16-14/h4-5,7,11-12H,6,8-10H2,1-3H3,(H,16,17). The van der Waals surface area contributed by atoms with Crippen LogP contribution in [0.25, 0.3) is 0 Å². The molecule has 0 aromatic carbocycles. The van der Waals surface area contributed by atoms with Crippen LogP contribution in [-0.2, 0) is 4.74 Å². The third-order valence-electron chi connectivity index (χ3n) is 3.82. The van der Waals surface area contributed by atoms with Crippen LogP contribution in [0.2, 0.25) is 0 Å². The maximum Gasteiger partial charge on any atom is 0.341 e. The van der Waals surface area contributed by atoms with E-state index in [1.807, 2.05) is 0 Å². The lowest BCUT2D eigenvalue weighted by atomic mass is 10.1. The van der Waals surface area contributed by atoms with Crippen molar-refractivity contribution < 1.29 is 9.53 Å². The zero-order valence-electron chi connectivity index (χ0n) is 12.4. The highest BCUT2D eigenvalue weighted by Crippen LogP contribution is 2.20. The van der Waals surface area contributed by atoms with Crippen molar-refractivity contribution in [1.82, 2.24) is 9.88 Å². The lowest BCUT2D eigenvalue weighted by Gasteiger charge is -2.20. The minimum absolute atomic E-state index is 0.351. The molecule has 0 amide bonds. The molecule has 1 N–H and O–H groups in total. The first-order chi connectivity index (χ1) is 9.61. The van der Waals surface area contributed by atoms with Gasteiger partial charge in [0.05, 0.1) is 7.11 Å². The average Bonchev–Trinajstić information content (AvgIpc) is 2.93. The Morgan fingerprint density at radius 3 is 3.05 bits per heavy atom. The molecule has 1 unspecified atom stereocenters. The molecular weight excluding hydrogens is 254 g/mol. The third-order valence-corrected chi connectivity index (χ3v) is 3.82. The molecule has 1 aromatic rings. The van der Waals surface area contributed by atoms with Gasteiger partial charge >= 0.3 is 5.97 Å². The maximum atomic E-state index is 11.7. The fourth-order valence-corrected chi connectivity index (χ4v) is 2.56. The van der Waals surface area contributed by atoms with Crippen LogP contribution in [0, 0.1) is 5.92 Å². The van der Waals surface area contributed by atoms with Crippen molar-refractivity contribution >= 4 is 11.8 Å². The van der Waals surface area contributed by atoms with Gasteiger partial charge < -0.3 is 15.0 Å². The van der Waals surface area contributed by atoms with Gasteiger partial charge in [-0.3, -0.25) is 0 Å². The number of nitrogens with one attached hydrogen (secondary N) is 1. The minimum Gasteiger partial charge on any atom is -0.465 e. The smallest absolute Gasteiger partial charge is 0.341 e. The molecule has 0 bridgehead atoms. The summed E-state index contributed by atoms with van der Waals surface area (Å²) in [7, 11) is 1.39. The van der Waals surface area contributed by atoms with E-state index in [1.165, 1.54) is 13.5 Å². The zero-order chi connectivity index (χ0) is 14.5. The predicted molar refractivity (Wildman–Crippen MR) is 78.9 cm³/mol. The van der Waals surface area contributed by atoms with Crippen LogP contribution in [0.3, 0.4) is 0 Å². The van der Waals surface area contributed by atoms with E-state index < -0.39 is 0 Å². The number of esters is 1. The molecule has 20 heavy (non-hydrogen) atoms. The average molecular weight is 277 g/mol. The summed E-state index contributed by atoms with van der Waals surface area (Å²) in [6.45, 7) is 7.54. The zero-order valence-corrected chi connectivity index (χ0v) is 12.4. The molecule has 1 saturated heterocycles. The number of nitrogens with zero attached hydrogens (tertiary/aromatic N) is 2. The Bertz CT molecular complexity index is 462. The Labute approximate surface area is 120 Å². The van der Waals surface area contributed by atoms with Gasteiger partial charge in [0.25, 0.3) is 0 Å². The SMILES string of the molecule is COC(=O)c1cccnc1NCC1CCN(C(C)C)C1. The molecule has 2 heterocycles. The van der Waals surface area contributed by atoms with Crippen LogP contribution in [0.1, 0.15) is 30.6 Å². The molecule has 1 fully saturated rings. The van der Waals surface area contributed by atoms with E-state index >= 15 is 0 Å². The van der Waals surface area contributed by atoms with Crippen molar-refractivity contribution in [2.75, 3.05) is 32.1 Å². The van der Waals surface area contributed by atoms with Gasteiger partial charge in [-0.05, 0) is 44.9 Å². The van der Waals surface area contributed by atoms with E-state index in [0.717, 1.165) is 19.6 Å². The van der Waals surface area contributed by atoms with E-state index in [-0.39, 0.29) is 5.97 Å². The van der Waals surface area contributed by atoms with E-state index in [2.05, 4.69) is 29.0 Å². The second-order valence-corrected chi connectivity index (χ2v) is 5.52. The lowest BCUT2D eigenvalue weighted by molar-refractivity contribution is 0.0601. The number of pyridine rings is 1. The number of rotatable bonds is 5. The molecule has 0 spiro atoms. The van der Waals surface area contributed by atoms with E-state index in [1.54, 1.807) is 18.3 Å². The quantitative estimate of drug-likeness (QED) is 0.834. The fraction of sp³-hybridized carbons (Fsp3) is 0.600. The molecule has 110 valence electrons. The van der Waals surface area contributed by atoms with Crippen LogP contribution in [0.5, 0.6) is 0 Å². The van der Waals surface area contributed by atoms with Crippen molar-refractivity contribution in [3.8, 4) is 0 Å². The van der Waals surface area contributed by atoms with Crippen molar-refractivity contribution in [3.05, 3.63) is 23.9 Å². The summed E-state index contributed by atoms with van der Waals surface area (Å²) in [5.74, 6) is 0.864. The molecule has 5 nitrogen and oxygen atoms in total. The molecule has 2 rings (SSSR count). The largest absolute Gasteiger partial charge is 0.465 e. The molecule has 0 radical (unpaired) electrons. The van der Waals surface area contributed by atoms with Gasteiger partial charge in [-0.15, -0.1) is 0 Å². The second kappa shape index (κ2) is 6.70. The summed E-state index contributed by atoms with van der Waals surface area (Å²) < 4.78 is 4.77. The molecule has 0 saturated carbocycles. The Morgan fingerprint density at radius 2 is 2.40 bits per heavy atom. The van der Waals surface area contributed by atoms with Crippen LogP contribution in [-0.4, -0.2) is 48.6 Å². The van der Waals surface area contributed by atoms with Gasteiger partial charge in [-0.1, -0.05) is 0 Å². The molecule has 5 heteroatoms. The molecule has 1 aliphatic heterocycles. The maximum absolute atomic E-state index is 11.7. The number of carbonyl (C=O) groups is 1. The normalized spacial score (nSPS) is 19.3. The number of anilines is 1. The first kappa shape index (κ1) is 14.8. The highest BCUT2D eigenvalue weighted by atomic mass is 16.5. The monoisotopic (exact) mass is 277 g/mol.